The van der Waals surface area contributed by atoms with Gasteiger partial charge in [-0.25, -0.2) is 0 Å². The van der Waals surface area contributed by atoms with Gasteiger partial charge in [0, 0.05) is 0 Å². The molecule has 5 rings (SSSR count). The fourth-order valence-electron chi connectivity index (χ4n) is 3.80. The Hall–Kier alpha value is -3.64. The van der Waals surface area contributed by atoms with Crippen molar-refractivity contribution in [2.45, 2.75) is 12.8 Å². The molecule has 1 amide bonds. The van der Waals surface area contributed by atoms with E-state index >= 15 is 0 Å². The molecule has 0 atom stereocenters. The third-order valence-corrected chi connectivity index (χ3v) is 7.05. The third-order valence-electron chi connectivity index (χ3n) is 5.51. The molecule has 0 saturated carbocycles. The summed E-state index contributed by atoms with van der Waals surface area (Å²) in [6.45, 7) is 0.267. The lowest BCUT2D eigenvalue weighted by Crippen LogP contribution is -2.35. The molecule has 3 aromatic rings. The molecule has 2 aliphatic rings. The molecule has 188 valence electrons. The van der Waals surface area contributed by atoms with Gasteiger partial charge < -0.3 is 9.47 Å². The van der Waals surface area contributed by atoms with Crippen LogP contribution >= 0.6 is 27.7 Å². The number of carbonyl (C=O) groups is 1. The summed E-state index contributed by atoms with van der Waals surface area (Å²) in [6.07, 6.45) is -3.36. The first-order valence-corrected chi connectivity index (χ1v) is 12.3. The first-order chi connectivity index (χ1) is 17.7. The zero-order valence-corrected chi connectivity index (χ0v) is 21.4. The SMILES string of the molecule is COc1cc(/C=C2/C(=N)N3N=C(C(F)(F)F)SC3=NC2=O)cc(Br)c1OCc1cccc2ccccc12. The van der Waals surface area contributed by atoms with Crippen molar-refractivity contribution in [1.82, 2.24) is 5.01 Å². The van der Waals surface area contributed by atoms with Gasteiger partial charge in [0.15, 0.2) is 17.3 Å². The van der Waals surface area contributed by atoms with Crippen LogP contribution < -0.4 is 9.47 Å². The summed E-state index contributed by atoms with van der Waals surface area (Å²) in [5.41, 5.74) is 1.21. The van der Waals surface area contributed by atoms with Crippen LogP contribution in [-0.4, -0.2) is 40.2 Å². The van der Waals surface area contributed by atoms with E-state index in [1.807, 2.05) is 42.5 Å². The molecule has 1 N–H and O–H groups in total. The smallest absolute Gasteiger partial charge is 0.441 e. The number of methoxy groups -OCH3 is 1. The zero-order chi connectivity index (χ0) is 26.3. The Bertz CT molecular complexity index is 1550. The lowest BCUT2D eigenvalue weighted by atomic mass is 10.1. The Morgan fingerprint density at radius 3 is 2.68 bits per heavy atom. The number of rotatable bonds is 5. The highest BCUT2D eigenvalue weighted by Gasteiger charge is 2.46. The second-order valence-corrected chi connectivity index (χ2v) is 9.69. The molecule has 3 aromatic carbocycles. The zero-order valence-electron chi connectivity index (χ0n) is 19.0. The first kappa shape index (κ1) is 25.0. The summed E-state index contributed by atoms with van der Waals surface area (Å²) < 4.78 is 51.2. The largest absolute Gasteiger partial charge is 0.493 e. The van der Waals surface area contributed by atoms with E-state index in [0.29, 0.717) is 26.5 Å². The number of hydrazone groups is 1. The fraction of sp³-hybridized carbons (Fsp3) is 0.120. The minimum absolute atomic E-state index is 0.200. The van der Waals surface area contributed by atoms with Crippen LogP contribution in [0.4, 0.5) is 13.2 Å². The molecule has 0 saturated heterocycles. The molecular formula is C25H16BrF3N4O3S. The van der Waals surface area contributed by atoms with Crippen LogP contribution in [-0.2, 0) is 11.4 Å². The maximum atomic E-state index is 13.0. The monoisotopic (exact) mass is 588 g/mol. The number of hydrogen-bond acceptors (Lipinski definition) is 6. The van der Waals surface area contributed by atoms with Crippen molar-refractivity contribution in [3.63, 3.8) is 0 Å². The van der Waals surface area contributed by atoms with Crippen molar-refractivity contribution >= 4 is 66.5 Å². The second kappa shape index (κ2) is 9.67. The Kier molecular flexibility index (Phi) is 6.54. The number of halogens is 4. The van der Waals surface area contributed by atoms with Gasteiger partial charge in [-0.3, -0.25) is 10.2 Å². The second-order valence-electron chi connectivity index (χ2n) is 7.88. The number of hydrogen-bond donors (Lipinski definition) is 1. The summed E-state index contributed by atoms with van der Waals surface area (Å²) in [6, 6.07) is 17.1. The Morgan fingerprint density at radius 1 is 1.16 bits per heavy atom. The van der Waals surface area contributed by atoms with Crippen molar-refractivity contribution in [2.75, 3.05) is 7.11 Å². The van der Waals surface area contributed by atoms with Gasteiger partial charge in [0.25, 0.3) is 5.91 Å². The lowest BCUT2D eigenvalue weighted by Gasteiger charge is -2.20. The summed E-state index contributed by atoms with van der Waals surface area (Å²) in [5.74, 6) is -0.560. The van der Waals surface area contributed by atoms with Crippen molar-refractivity contribution < 1.29 is 27.4 Å². The van der Waals surface area contributed by atoms with Crippen LogP contribution in [0.25, 0.3) is 16.8 Å². The highest BCUT2D eigenvalue weighted by Crippen LogP contribution is 2.39. The Labute approximate surface area is 221 Å². The molecule has 0 aromatic heterocycles. The summed E-state index contributed by atoms with van der Waals surface area (Å²) >= 11 is 3.67. The maximum Gasteiger partial charge on any atom is 0.441 e. The number of alkyl halides is 3. The standard InChI is InChI=1S/C25H16BrF3N4O3S/c1-35-19-11-13(9-17-21(30)33-24(31-22(17)34)37-23(32-33)25(27,28)29)10-18(26)20(19)36-12-15-7-4-6-14-5-2-3-8-16(14)15/h2-11,30H,12H2,1H3/b17-9-,30-21?. The molecular weight excluding hydrogens is 573 g/mol. The van der Waals surface area contributed by atoms with Gasteiger partial charge >= 0.3 is 6.18 Å². The van der Waals surface area contributed by atoms with Gasteiger partial charge in [0.1, 0.15) is 6.61 Å². The van der Waals surface area contributed by atoms with E-state index in [-0.39, 0.29) is 29.1 Å². The summed E-state index contributed by atoms with van der Waals surface area (Å²) in [7, 11) is 1.46. The highest BCUT2D eigenvalue weighted by atomic mass is 79.9. The molecule has 0 unspecified atom stereocenters. The van der Waals surface area contributed by atoms with Crippen LogP contribution in [0.15, 0.2) is 74.7 Å². The van der Waals surface area contributed by atoms with Crippen molar-refractivity contribution in [2.24, 2.45) is 10.1 Å². The average Bonchev–Trinajstić information content (AvgIpc) is 3.30. The number of ether oxygens (including phenoxy) is 2. The molecule has 0 fully saturated rings. The molecule has 7 nitrogen and oxygen atoms in total. The normalized spacial score (nSPS) is 16.7. The van der Waals surface area contributed by atoms with Gasteiger partial charge in [-0.15, -0.1) is 0 Å². The molecule has 37 heavy (non-hydrogen) atoms. The van der Waals surface area contributed by atoms with Crippen molar-refractivity contribution in [3.8, 4) is 11.5 Å². The van der Waals surface area contributed by atoms with Gasteiger partial charge in [-0.05, 0) is 67.8 Å². The molecule has 0 spiro atoms. The Balaban J connectivity index is 1.43. The number of fused-ring (bicyclic) bond motifs is 2. The number of nitrogens with zero attached hydrogens (tertiary/aromatic N) is 3. The predicted molar refractivity (Wildman–Crippen MR) is 140 cm³/mol. The summed E-state index contributed by atoms with van der Waals surface area (Å²) in [5, 5.41) is 13.0. The third kappa shape index (κ3) is 4.86. The molecule has 12 heteroatoms. The van der Waals surface area contributed by atoms with Crippen LogP contribution in [0.5, 0.6) is 11.5 Å². The number of carbonyl (C=O) groups excluding carboxylic acids is 1. The van der Waals surface area contributed by atoms with E-state index in [4.69, 9.17) is 14.9 Å². The molecule has 0 aliphatic carbocycles. The van der Waals surface area contributed by atoms with Gasteiger partial charge in [0.2, 0.25) is 10.2 Å². The topological polar surface area (TPSA) is 87.3 Å². The molecule has 2 aliphatic heterocycles. The van der Waals surface area contributed by atoms with E-state index in [1.165, 1.54) is 13.2 Å². The van der Waals surface area contributed by atoms with E-state index in [2.05, 4.69) is 26.0 Å². The van der Waals surface area contributed by atoms with Crippen LogP contribution in [0, 0.1) is 5.41 Å². The number of amides is 1. The highest BCUT2D eigenvalue weighted by molar-refractivity contribution is 9.10. The quantitative estimate of drug-likeness (QED) is 0.350. The number of aliphatic imine (C=N–C) groups is 1. The van der Waals surface area contributed by atoms with Gasteiger partial charge in [-0.1, -0.05) is 42.5 Å². The average molecular weight is 589 g/mol. The minimum atomic E-state index is -4.71. The number of thioether (sulfide) groups is 1. The van der Waals surface area contributed by atoms with E-state index in [9.17, 15) is 18.0 Å². The molecule has 2 heterocycles. The van der Waals surface area contributed by atoms with Crippen LogP contribution in [0.3, 0.4) is 0 Å². The van der Waals surface area contributed by atoms with Crippen molar-refractivity contribution in [1.29, 1.82) is 5.41 Å². The number of nitrogens with one attached hydrogen (secondary N) is 1. The maximum absolute atomic E-state index is 13.0. The van der Waals surface area contributed by atoms with Crippen LogP contribution in [0.2, 0.25) is 0 Å². The predicted octanol–water partition coefficient (Wildman–Crippen LogP) is 6.37. The lowest BCUT2D eigenvalue weighted by molar-refractivity contribution is -0.114. The van der Waals surface area contributed by atoms with Crippen molar-refractivity contribution in [3.05, 3.63) is 75.8 Å². The van der Waals surface area contributed by atoms with Gasteiger partial charge in [-0.2, -0.15) is 28.3 Å². The van der Waals surface area contributed by atoms with E-state index < -0.39 is 23.0 Å². The number of amidine groups is 2. The van der Waals surface area contributed by atoms with Crippen LogP contribution in [0.1, 0.15) is 11.1 Å². The fourth-order valence-corrected chi connectivity index (χ4v) is 5.14. The summed E-state index contributed by atoms with van der Waals surface area (Å²) in [4.78, 5) is 16.2. The minimum Gasteiger partial charge on any atom is -0.493 e. The first-order valence-electron chi connectivity index (χ1n) is 10.7. The Morgan fingerprint density at radius 2 is 1.92 bits per heavy atom. The molecule has 0 bridgehead atoms. The van der Waals surface area contributed by atoms with E-state index in [1.54, 1.807) is 12.1 Å². The van der Waals surface area contributed by atoms with Gasteiger partial charge in [0.05, 0.1) is 17.2 Å². The van der Waals surface area contributed by atoms with E-state index in [0.717, 1.165) is 16.3 Å². The molecule has 0 radical (unpaired) electrons. The number of benzene rings is 3.